The first-order valence-corrected chi connectivity index (χ1v) is 4.09. The summed E-state index contributed by atoms with van der Waals surface area (Å²) < 4.78 is 0. The molecule has 0 unspecified atom stereocenters. The van der Waals surface area contributed by atoms with Crippen molar-refractivity contribution in [3.05, 3.63) is 37.0 Å². The molecule has 0 aliphatic heterocycles. The van der Waals surface area contributed by atoms with Crippen molar-refractivity contribution in [2.45, 2.75) is 0 Å². The molecule has 0 heterocycles. The predicted octanol–water partition coefficient (Wildman–Crippen LogP) is 0.147. The van der Waals surface area contributed by atoms with Gasteiger partial charge in [-0.25, -0.2) is 0 Å². The van der Waals surface area contributed by atoms with Crippen molar-refractivity contribution in [3.63, 3.8) is 0 Å². The molecule has 0 aliphatic carbocycles. The van der Waals surface area contributed by atoms with Gasteiger partial charge in [0.05, 0.1) is 0 Å². The highest BCUT2D eigenvalue weighted by atomic mass is 16.2. The lowest BCUT2D eigenvalue weighted by atomic mass is 10.2. The Morgan fingerprint density at radius 3 is 2.36 bits per heavy atom. The van der Waals surface area contributed by atoms with E-state index in [4.69, 9.17) is 0 Å². The molecule has 2 N–H and O–H groups in total. The van der Waals surface area contributed by atoms with E-state index < -0.39 is 11.8 Å². The summed E-state index contributed by atoms with van der Waals surface area (Å²) in [6.45, 7) is 7.33. The molecule has 0 radical (unpaired) electrons. The highest BCUT2D eigenvalue weighted by Crippen LogP contribution is 1.93. The van der Waals surface area contributed by atoms with Gasteiger partial charge in [-0.05, 0) is 5.57 Å². The van der Waals surface area contributed by atoms with Gasteiger partial charge in [0.25, 0.3) is 0 Å². The van der Waals surface area contributed by atoms with Gasteiger partial charge >= 0.3 is 11.8 Å². The molecule has 2 amide bonds. The van der Waals surface area contributed by atoms with Crippen LogP contribution in [-0.4, -0.2) is 25.4 Å². The van der Waals surface area contributed by atoms with Crippen LogP contribution in [0.1, 0.15) is 0 Å². The summed E-state index contributed by atoms with van der Waals surface area (Å²) in [7, 11) is 1.40. The minimum absolute atomic E-state index is 0.266. The van der Waals surface area contributed by atoms with Crippen LogP contribution < -0.4 is 10.6 Å². The summed E-state index contributed by atoms with van der Waals surface area (Å²) in [5.41, 5.74) is 0.789. The Morgan fingerprint density at radius 1 is 1.29 bits per heavy atom. The summed E-state index contributed by atoms with van der Waals surface area (Å²) in [5.74, 6) is -1.32. The van der Waals surface area contributed by atoms with E-state index in [9.17, 15) is 9.59 Å². The van der Waals surface area contributed by atoms with Gasteiger partial charge in [0.15, 0.2) is 0 Å². The number of allylic oxidation sites excluding steroid dienone is 2. The van der Waals surface area contributed by atoms with Crippen LogP contribution in [0.4, 0.5) is 0 Å². The van der Waals surface area contributed by atoms with Gasteiger partial charge in [0.1, 0.15) is 0 Å². The molecule has 0 bridgehead atoms. The SMILES string of the molecule is C=C/C=C(\C=C)CNC(=O)C(=O)NC. The topological polar surface area (TPSA) is 58.2 Å². The van der Waals surface area contributed by atoms with Crippen LogP contribution in [0, 0.1) is 0 Å². The van der Waals surface area contributed by atoms with E-state index in [0.29, 0.717) is 0 Å². The number of amides is 2. The third kappa shape index (κ3) is 4.25. The Hall–Kier alpha value is -1.84. The van der Waals surface area contributed by atoms with Crippen molar-refractivity contribution < 1.29 is 9.59 Å². The minimum atomic E-state index is -0.663. The second-order valence-corrected chi connectivity index (χ2v) is 2.44. The first kappa shape index (κ1) is 12.2. The molecule has 0 fully saturated rings. The largest absolute Gasteiger partial charge is 0.351 e. The van der Waals surface area contributed by atoms with Gasteiger partial charge in [0.2, 0.25) is 0 Å². The van der Waals surface area contributed by atoms with Crippen molar-refractivity contribution in [2.75, 3.05) is 13.6 Å². The third-order valence-electron chi connectivity index (χ3n) is 1.48. The first-order valence-electron chi connectivity index (χ1n) is 4.09. The van der Waals surface area contributed by atoms with Gasteiger partial charge < -0.3 is 10.6 Å². The normalized spacial score (nSPS) is 10.2. The molecule has 0 rings (SSSR count). The van der Waals surface area contributed by atoms with Gasteiger partial charge in [0, 0.05) is 13.6 Å². The molecule has 0 aliphatic rings. The number of carbonyl (C=O) groups excluding carboxylic acids is 2. The van der Waals surface area contributed by atoms with Crippen molar-refractivity contribution in [1.29, 1.82) is 0 Å². The van der Waals surface area contributed by atoms with Crippen molar-refractivity contribution in [1.82, 2.24) is 10.6 Å². The molecule has 0 aromatic heterocycles. The number of hydrogen-bond donors (Lipinski definition) is 2. The van der Waals surface area contributed by atoms with Crippen LogP contribution in [0.15, 0.2) is 37.0 Å². The number of carbonyl (C=O) groups is 2. The molecule has 0 aromatic rings. The lowest BCUT2D eigenvalue weighted by Crippen LogP contribution is -2.38. The van der Waals surface area contributed by atoms with E-state index in [2.05, 4.69) is 23.8 Å². The average molecular weight is 194 g/mol. The van der Waals surface area contributed by atoms with E-state index >= 15 is 0 Å². The molecule has 0 saturated heterocycles. The van der Waals surface area contributed by atoms with Gasteiger partial charge in [-0.1, -0.05) is 31.4 Å². The van der Waals surface area contributed by atoms with Gasteiger partial charge in [-0.3, -0.25) is 9.59 Å². The molecule has 0 saturated carbocycles. The quantitative estimate of drug-likeness (QED) is 0.494. The van der Waals surface area contributed by atoms with Crippen LogP contribution >= 0.6 is 0 Å². The monoisotopic (exact) mass is 194 g/mol. The molecular formula is C10H14N2O2. The standard InChI is InChI=1S/C10H14N2O2/c1-4-6-8(5-2)7-12-10(14)9(13)11-3/h4-6H,1-2,7H2,3H3,(H,11,13)(H,12,14)/b8-6+. The Bertz CT molecular complexity index is 280. The number of hydrogen-bond acceptors (Lipinski definition) is 2. The molecule has 76 valence electrons. The molecule has 0 atom stereocenters. The fourth-order valence-corrected chi connectivity index (χ4v) is 0.727. The molecule has 14 heavy (non-hydrogen) atoms. The summed E-state index contributed by atoms with van der Waals surface area (Å²) in [6.07, 6.45) is 4.88. The zero-order chi connectivity index (χ0) is 11.0. The zero-order valence-electron chi connectivity index (χ0n) is 8.17. The van der Waals surface area contributed by atoms with E-state index in [1.165, 1.54) is 7.05 Å². The predicted molar refractivity (Wildman–Crippen MR) is 55.6 cm³/mol. The molecular weight excluding hydrogens is 180 g/mol. The molecule has 0 aromatic carbocycles. The average Bonchev–Trinajstić information content (AvgIpc) is 2.22. The number of nitrogens with one attached hydrogen (secondary N) is 2. The summed E-state index contributed by atoms with van der Waals surface area (Å²) in [5, 5.41) is 4.65. The number of likely N-dealkylation sites (N-methyl/N-ethyl adjacent to an activating group) is 1. The van der Waals surface area contributed by atoms with Crippen LogP contribution in [0.5, 0.6) is 0 Å². The Balaban J connectivity index is 4.10. The van der Waals surface area contributed by atoms with Crippen molar-refractivity contribution in [2.24, 2.45) is 0 Å². The fourth-order valence-electron chi connectivity index (χ4n) is 0.727. The van der Waals surface area contributed by atoms with Gasteiger partial charge in [-0.15, -0.1) is 0 Å². The summed E-state index contributed by atoms with van der Waals surface area (Å²) in [6, 6.07) is 0. The van der Waals surface area contributed by atoms with Crippen LogP contribution in [0.3, 0.4) is 0 Å². The lowest BCUT2D eigenvalue weighted by molar-refractivity contribution is -0.138. The minimum Gasteiger partial charge on any atom is -0.351 e. The van der Waals surface area contributed by atoms with Gasteiger partial charge in [-0.2, -0.15) is 0 Å². The van der Waals surface area contributed by atoms with E-state index in [1.54, 1.807) is 18.2 Å². The Morgan fingerprint density at radius 2 is 1.93 bits per heavy atom. The van der Waals surface area contributed by atoms with E-state index in [-0.39, 0.29) is 6.54 Å². The Kier molecular flexibility index (Phi) is 5.78. The van der Waals surface area contributed by atoms with Crippen LogP contribution in [0.25, 0.3) is 0 Å². The molecule has 4 heteroatoms. The molecule has 0 spiro atoms. The second kappa shape index (κ2) is 6.65. The second-order valence-electron chi connectivity index (χ2n) is 2.44. The highest BCUT2D eigenvalue weighted by molar-refractivity contribution is 6.35. The zero-order valence-corrected chi connectivity index (χ0v) is 8.17. The van der Waals surface area contributed by atoms with Crippen LogP contribution in [0.2, 0.25) is 0 Å². The summed E-state index contributed by atoms with van der Waals surface area (Å²) >= 11 is 0. The smallest absolute Gasteiger partial charge is 0.309 e. The summed E-state index contributed by atoms with van der Waals surface area (Å²) in [4.78, 5) is 21.8. The highest BCUT2D eigenvalue weighted by Gasteiger charge is 2.09. The van der Waals surface area contributed by atoms with Crippen molar-refractivity contribution >= 4 is 11.8 Å². The van der Waals surface area contributed by atoms with E-state index in [0.717, 1.165) is 5.57 Å². The maximum atomic E-state index is 11.0. The number of rotatable bonds is 4. The van der Waals surface area contributed by atoms with Crippen LogP contribution in [-0.2, 0) is 9.59 Å². The van der Waals surface area contributed by atoms with Crippen molar-refractivity contribution in [3.8, 4) is 0 Å². The first-order chi connectivity index (χ1) is 6.65. The third-order valence-corrected chi connectivity index (χ3v) is 1.48. The fraction of sp³-hybridized carbons (Fsp3) is 0.200. The Labute approximate surface area is 83.4 Å². The maximum absolute atomic E-state index is 11.0. The lowest BCUT2D eigenvalue weighted by Gasteiger charge is -2.03. The maximum Gasteiger partial charge on any atom is 0.309 e. The molecule has 4 nitrogen and oxygen atoms in total. The van der Waals surface area contributed by atoms with E-state index in [1.807, 2.05) is 0 Å².